The highest BCUT2D eigenvalue weighted by atomic mass is 16.4. The van der Waals surface area contributed by atoms with Crippen LogP contribution >= 0.6 is 0 Å². The van der Waals surface area contributed by atoms with Crippen molar-refractivity contribution in [1.29, 1.82) is 0 Å². The van der Waals surface area contributed by atoms with Gasteiger partial charge in [-0.05, 0) is 49.4 Å². The summed E-state index contributed by atoms with van der Waals surface area (Å²) in [6, 6.07) is 4.31. The van der Waals surface area contributed by atoms with E-state index in [9.17, 15) is 63.9 Å². The average Bonchev–Trinajstić information content (AvgIpc) is 3.25. The Balaban J connectivity index is 2.29. The van der Waals surface area contributed by atoms with Crippen molar-refractivity contribution in [3.63, 3.8) is 0 Å². The molecule has 0 aliphatic heterocycles. The number of rotatable bonds is 30. The normalized spacial score (nSPS) is 15.2. The molecule has 6 amide bonds. The third-order valence-corrected chi connectivity index (χ3v) is 10.9. The summed E-state index contributed by atoms with van der Waals surface area (Å²) in [5, 5.41) is 64.9. The van der Waals surface area contributed by atoms with E-state index < -0.39 is 108 Å². The quantitative estimate of drug-likeness (QED) is 0.0497. The maximum absolute atomic E-state index is 13.9. The molecule has 0 aliphatic rings. The van der Waals surface area contributed by atoms with Gasteiger partial charge in [-0.1, -0.05) is 108 Å². The van der Waals surface area contributed by atoms with Gasteiger partial charge < -0.3 is 57.4 Å². The number of aromatic hydroxyl groups is 1. The second-order valence-electron chi connectivity index (χ2n) is 16.4. The Kier molecular flexibility index (Phi) is 24.3. The number of aliphatic carboxylic acids is 2. The van der Waals surface area contributed by atoms with Crippen LogP contribution in [0.4, 0.5) is 0 Å². The molecule has 2 aromatic rings. The molecule has 0 aliphatic carbocycles. The first-order chi connectivity index (χ1) is 30.8. The number of aliphatic hydroxyl groups is 2. The molecule has 0 saturated carbocycles. The number of phenolic OH excluding ortho intramolecular Hbond substituents is 1. The topological polar surface area (TPSA) is 310 Å². The Morgan fingerprint density at radius 3 is 1.54 bits per heavy atom. The van der Waals surface area contributed by atoms with Crippen LogP contribution in [0, 0.1) is 5.92 Å². The molecule has 0 aromatic heterocycles. The van der Waals surface area contributed by atoms with Gasteiger partial charge in [0.2, 0.25) is 35.4 Å². The number of phenols is 1. The first kappa shape index (κ1) is 55.1. The number of amides is 6. The van der Waals surface area contributed by atoms with Gasteiger partial charge in [0.25, 0.3) is 0 Å². The fourth-order valence-electron chi connectivity index (χ4n) is 6.80. The van der Waals surface area contributed by atoms with Crippen LogP contribution in [0.2, 0.25) is 0 Å². The van der Waals surface area contributed by atoms with Crippen LogP contribution in [0.25, 0.3) is 0 Å². The molecule has 2 rings (SSSR count). The van der Waals surface area contributed by atoms with E-state index in [-0.39, 0.29) is 25.0 Å². The van der Waals surface area contributed by atoms with Crippen molar-refractivity contribution < 1.29 is 63.9 Å². The second kappa shape index (κ2) is 28.7. The van der Waals surface area contributed by atoms with E-state index in [0.717, 1.165) is 38.5 Å². The first-order valence-corrected chi connectivity index (χ1v) is 22.2. The van der Waals surface area contributed by atoms with E-state index in [0.29, 0.717) is 24.0 Å². The van der Waals surface area contributed by atoms with Crippen LogP contribution in [0.1, 0.15) is 110 Å². The second-order valence-corrected chi connectivity index (χ2v) is 16.4. The van der Waals surface area contributed by atoms with Crippen molar-refractivity contribution in [2.45, 2.75) is 160 Å². The third kappa shape index (κ3) is 20.1. The number of aliphatic hydroxyl groups excluding tert-OH is 2. The van der Waals surface area contributed by atoms with Crippen molar-refractivity contribution >= 4 is 47.4 Å². The summed E-state index contributed by atoms with van der Waals surface area (Å²) < 4.78 is 0. The largest absolute Gasteiger partial charge is 0.508 e. The molecular formula is C46H68N6O13. The predicted octanol–water partition coefficient (Wildman–Crippen LogP) is 1.59. The van der Waals surface area contributed by atoms with Crippen LogP contribution in [0.5, 0.6) is 5.75 Å². The molecule has 0 spiro atoms. The molecule has 0 saturated heterocycles. The number of carbonyl (C=O) groups is 8. The number of carbonyl (C=O) groups excluding carboxylic acids is 6. The maximum atomic E-state index is 13.9. The van der Waals surface area contributed by atoms with Crippen molar-refractivity contribution in [1.82, 2.24) is 31.9 Å². The van der Waals surface area contributed by atoms with E-state index in [2.05, 4.69) is 38.8 Å². The molecule has 19 heteroatoms. The van der Waals surface area contributed by atoms with E-state index in [1.165, 1.54) is 38.1 Å². The molecule has 0 unspecified atom stereocenters. The van der Waals surface area contributed by atoms with Crippen LogP contribution < -0.4 is 31.9 Å². The minimum atomic E-state index is -1.83. The lowest BCUT2D eigenvalue weighted by Crippen LogP contribution is -2.63. The number of benzene rings is 2. The Morgan fingerprint density at radius 2 is 0.985 bits per heavy atom. The van der Waals surface area contributed by atoms with Crippen molar-refractivity contribution in [3.8, 4) is 5.75 Å². The summed E-state index contributed by atoms with van der Waals surface area (Å²) in [7, 11) is 0. The molecule has 19 nitrogen and oxygen atoms in total. The van der Waals surface area contributed by atoms with Gasteiger partial charge in [0.15, 0.2) is 0 Å². The smallest absolute Gasteiger partial charge is 0.326 e. The van der Waals surface area contributed by atoms with E-state index >= 15 is 0 Å². The fourth-order valence-corrected chi connectivity index (χ4v) is 6.80. The predicted molar refractivity (Wildman–Crippen MR) is 239 cm³/mol. The molecule has 65 heavy (non-hydrogen) atoms. The lowest BCUT2D eigenvalue weighted by molar-refractivity contribution is -0.143. The van der Waals surface area contributed by atoms with Crippen molar-refractivity contribution in [2.75, 3.05) is 0 Å². The van der Waals surface area contributed by atoms with Gasteiger partial charge >= 0.3 is 11.9 Å². The molecule has 0 radical (unpaired) electrons. The highest BCUT2D eigenvalue weighted by molar-refractivity contribution is 5.98. The summed E-state index contributed by atoms with van der Waals surface area (Å²) in [5.41, 5.74) is 0.922. The lowest BCUT2D eigenvalue weighted by atomic mass is 9.96. The zero-order chi connectivity index (χ0) is 48.6. The van der Waals surface area contributed by atoms with E-state index in [1.807, 2.05) is 0 Å². The molecular weight excluding hydrogens is 845 g/mol. The van der Waals surface area contributed by atoms with Gasteiger partial charge in [-0.2, -0.15) is 0 Å². The molecule has 360 valence electrons. The zero-order valence-electron chi connectivity index (χ0n) is 37.9. The lowest BCUT2D eigenvalue weighted by Gasteiger charge is -2.30. The first-order valence-electron chi connectivity index (χ1n) is 22.2. The Bertz CT molecular complexity index is 1860. The summed E-state index contributed by atoms with van der Waals surface area (Å²) in [6.45, 7) is 8.03. The maximum Gasteiger partial charge on any atom is 0.326 e. The number of carboxylic acids is 2. The number of nitrogens with one attached hydrogen (secondary N) is 6. The fraction of sp³-hybridized carbons (Fsp3) is 0.565. The molecule has 2 aromatic carbocycles. The Morgan fingerprint density at radius 1 is 0.523 bits per heavy atom. The zero-order valence-corrected chi connectivity index (χ0v) is 37.9. The van der Waals surface area contributed by atoms with Gasteiger partial charge in [-0.3, -0.25) is 33.6 Å². The van der Waals surface area contributed by atoms with Crippen LogP contribution in [0.3, 0.4) is 0 Å². The Labute approximate surface area is 379 Å². The third-order valence-electron chi connectivity index (χ3n) is 10.9. The van der Waals surface area contributed by atoms with Crippen molar-refractivity contribution in [2.24, 2.45) is 5.92 Å². The standard InChI is InChI=1S/C46H68N6O13/c1-6-8-9-10-11-12-16-19-36(56)50-39(28(4)53)45(63)51-38(27(3)7-2)43(61)52-40(29(5)54)44(62)48-33(24-30-17-14-13-15-18-30)41(59)47-34(26-37(57)58)42(60)49-35(46(64)65)25-31-20-22-32(55)23-21-31/h13-15,17-18,20-23,27-29,33-35,38-40,53-55H,6-12,16,19,24-26H2,1-5H3,(H,47,59)(H,48,62)(H,49,60)(H,50,56)(H,51,63)(H,52,61)(H,57,58)(H,64,65)/t27-,28+,29+,33-,34-,35-,38-,39-,40-/m0/s1. The number of hydrogen-bond donors (Lipinski definition) is 11. The summed E-state index contributed by atoms with van der Waals surface area (Å²) in [6.07, 6.45) is 2.93. The van der Waals surface area contributed by atoms with E-state index in [4.69, 9.17) is 0 Å². The highest BCUT2D eigenvalue weighted by Crippen LogP contribution is 2.14. The highest BCUT2D eigenvalue weighted by Gasteiger charge is 2.37. The minimum absolute atomic E-state index is 0.0777. The van der Waals surface area contributed by atoms with E-state index in [1.54, 1.807) is 44.2 Å². The summed E-state index contributed by atoms with van der Waals surface area (Å²) in [4.78, 5) is 105. The SMILES string of the molecule is CCCCCCCCCC(=O)N[C@H](C(=O)N[C@H](C(=O)N[C@H](C(=O)N[C@@H](Cc1ccccc1)C(=O)N[C@@H](CC(=O)O)C(=O)N[C@@H](Cc1ccc(O)cc1)C(=O)O)[C@@H](C)O)[C@@H](C)CC)[C@@H](C)O. The number of unbranched alkanes of at least 4 members (excludes halogenated alkanes) is 6. The molecule has 0 heterocycles. The van der Waals surface area contributed by atoms with Crippen molar-refractivity contribution in [3.05, 3.63) is 65.7 Å². The van der Waals surface area contributed by atoms with Gasteiger partial charge in [0, 0.05) is 19.3 Å². The monoisotopic (exact) mass is 912 g/mol. The number of hydrogen-bond acceptors (Lipinski definition) is 11. The minimum Gasteiger partial charge on any atom is -0.508 e. The molecule has 0 bridgehead atoms. The van der Waals surface area contributed by atoms with Crippen LogP contribution in [-0.4, -0.2) is 121 Å². The molecule has 9 atom stereocenters. The Hall–Kier alpha value is -6.08. The molecule has 0 fully saturated rings. The van der Waals surface area contributed by atoms with Crippen LogP contribution in [-0.2, 0) is 51.2 Å². The average molecular weight is 913 g/mol. The molecule has 11 N–H and O–H groups in total. The van der Waals surface area contributed by atoms with Gasteiger partial charge in [-0.25, -0.2) is 4.79 Å². The number of carboxylic acid groups (broad SMARTS) is 2. The summed E-state index contributed by atoms with van der Waals surface area (Å²) >= 11 is 0. The van der Waals surface area contributed by atoms with Gasteiger partial charge in [-0.15, -0.1) is 0 Å². The van der Waals surface area contributed by atoms with Gasteiger partial charge in [0.05, 0.1) is 18.6 Å². The van der Waals surface area contributed by atoms with Crippen LogP contribution in [0.15, 0.2) is 54.6 Å². The summed E-state index contributed by atoms with van der Waals surface area (Å²) in [5.74, 6) is -9.14. The van der Waals surface area contributed by atoms with Gasteiger partial charge in [0.1, 0.15) is 42.0 Å².